The highest BCUT2D eigenvalue weighted by Crippen LogP contribution is 2.14. The van der Waals surface area contributed by atoms with Gasteiger partial charge in [0.15, 0.2) is 0 Å². The van der Waals surface area contributed by atoms with E-state index in [1.807, 2.05) is 24.3 Å². The molecular formula is C25H38O4S2. The number of methoxy groups -OCH3 is 1. The van der Waals surface area contributed by atoms with Gasteiger partial charge in [-0.15, -0.1) is 12.6 Å². The Kier molecular flexibility index (Phi) is 15.2. The van der Waals surface area contributed by atoms with Crippen LogP contribution < -0.4 is 4.74 Å². The van der Waals surface area contributed by atoms with Crippen LogP contribution in [0.25, 0.3) is 0 Å². The highest BCUT2D eigenvalue weighted by molar-refractivity contribution is 7.86. The molecule has 2 rings (SSSR count). The summed E-state index contributed by atoms with van der Waals surface area (Å²) < 4.78 is 33.7. The van der Waals surface area contributed by atoms with Crippen LogP contribution >= 0.6 is 12.6 Å². The van der Waals surface area contributed by atoms with E-state index in [1.165, 1.54) is 51.4 Å². The largest absolute Gasteiger partial charge is 0.497 e. The molecule has 0 amide bonds. The minimum atomic E-state index is -3.57. The van der Waals surface area contributed by atoms with Gasteiger partial charge in [0, 0.05) is 4.90 Å². The highest BCUT2D eigenvalue weighted by Gasteiger charge is 2.13. The molecule has 0 saturated heterocycles. The van der Waals surface area contributed by atoms with Gasteiger partial charge in [0.1, 0.15) is 5.75 Å². The summed E-state index contributed by atoms with van der Waals surface area (Å²) in [5.74, 6) is 0.868. The van der Waals surface area contributed by atoms with Crippen LogP contribution in [0, 0.1) is 0 Å². The van der Waals surface area contributed by atoms with Crippen LogP contribution in [0.1, 0.15) is 71.1 Å². The Morgan fingerprint density at radius 3 is 1.77 bits per heavy atom. The molecule has 0 bridgehead atoms. The van der Waals surface area contributed by atoms with E-state index in [4.69, 9.17) is 8.92 Å². The lowest BCUT2D eigenvalue weighted by atomic mass is 10.1. The van der Waals surface area contributed by atoms with E-state index < -0.39 is 10.1 Å². The van der Waals surface area contributed by atoms with E-state index in [0.717, 1.165) is 23.5 Å². The van der Waals surface area contributed by atoms with Crippen molar-refractivity contribution >= 4 is 22.7 Å². The molecule has 0 spiro atoms. The van der Waals surface area contributed by atoms with Crippen LogP contribution in [0.15, 0.2) is 64.4 Å². The van der Waals surface area contributed by atoms with Gasteiger partial charge in [0.05, 0.1) is 18.6 Å². The van der Waals surface area contributed by atoms with Gasteiger partial charge in [-0.05, 0) is 42.8 Å². The number of thiol groups is 1. The third kappa shape index (κ3) is 13.5. The summed E-state index contributed by atoms with van der Waals surface area (Å²) in [4.78, 5) is 1.19. The molecule has 2 aromatic carbocycles. The molecule has 0 radical (unpaired) electrons. The van der Waals surface area contributed by atoms with Crippen molar-refractivity contribution in [1.29, 1.82) is 0 Å². The number of hydrogen-bond donors (Lipinski definition) is 1. The molecular weight excluding hydrogens is 428 g/mol. The van der Waals surface area contributed by atoms with Gasteiger partial charge >= 0.3 is 0 Å². The van der Waals surface area contributed by atoms with Crippen molar-refractivity contribution in [2.45, 2.75) is 80.9 Å². The quantitative estimate of drug-likeness (QED) is 0.180. The molecule has 0 aromatic heterocycles. The maximum atomic E-state index is 11.9. The normalized spacial score (nSPS) is 10.9. The number of rotatable bonds is 14. The standard InChI is InChI=1S/C18H30O3S.C7H8OS/c1-2-3-4-5-6-7-8-9-10-14-17-21-22(19,20)18-15-12-11-13-16-18;1-8-6-2-4-7(9)5-3-6/h11-13,15-16H,2-10,14,17H2,1H3;2-5,9H,1H3. The minimum Gasteiger partial charge on any atom is -0.497 e. The summed E-state index contributed by atoms with van der Waals surface area (Å²) >= 11 is 4.11. The average molecular weight is 467 g/mol. The van der Waals surface area contributed by atoms with Gasteiger partial charge in [-0.2, -0.15) is 8.42 Å². The van der Waals surface area contributed by atoms with Crippen LogP contribution in [0.5, 0.6) is 5.75 Å². The van der Waals surface area contributed by atoms with Crippen LogP contribution in [0.2, 0.25) is 0 Å². The van der Waals surface area contributed by atoms with Crippen molar-refractivity contribution < 1.29 is 17.3 Å². The van der Waals surface area contributed by atoms with Gasteiger partial charge in [-0.1, -0.05) is 82.9 Å². The van der Waals surface area contributed by atoms with Crippen molar-refractivity contribution in [2.24, 2.45) is 0 Å². The molecule has 0 saturated carbocycles. The van der Waals surface area contributed by atoms with E-state index in [1.54, 1.807) is 37.4 Å². The molecule has 0 aliphatic carbocycles. The predicted molar refractivity (Wildman–Crippen MR) is 132 cm³/mol. The Bertz CT molecular complexity index is 775. The highest BCUT2D eigenvalue weighted by atomic mass is 32.2. The molecule has 2 aromatic rings. The van der Waals surface area contributed by atoms with Crippen molar-refractivity contribution in [1.82, 2.24) is 0 Å². The van der Waals surface area contributed by atoms with E-state index in [-0.39, 0.29) is 11.5 Å². The fraction of sp³-hybridized carbons (Fsp3) is 0.520. The second-order valence-electron chi connectivity index (χ2n) is 7.47. The maximum Gasteiger partial charge on any atom is 0.296 e. The van der Waals surface area contributed by atoms with Gasteiger partial charge < -0.3 is 4.74 Å². The predicted octanol–water partition coefficient (Wildman–Crippen LogP) is 7.30. The molecule has 0 atom stereocenters. The zero-order chi connectivity index (χ0) is 22.8. The Morgan fingerprint density at radius 2 is 1.26 bits per heavy atom. The van der Waals surface area contributed by atoms with E-state index in [2.05, 4.69) is 19.6 Å². The molecule has 31 heavy (non-hydrogen) atoms. The third-order valence-corrected chi connectivity index (χ3v) is 6.47. The lowest BCUT2D eigenvalue weighted by molar-refractivity contribution is 0.306. The SMILES string of the molecule is CCCCCCCCCCCCOS(=O)(=O)c1ccccc1.COc1ccc(S)cc1. The van der Waals surface area contributed by atoms with Crippen molar-refractivity contribution in [3.05, 3.63) is 54.6 Å². The van der Waals surface area contributed by atoms with Gasteiger partial charge in [-0.3, -0.25) is 4.18 Å². The number of unbranched alkanes of at least 4 members (excludes halogenated alkanes) is 9. The van der Waals surface area contributed by atoms with Crippen LogP contribution in [0.4, 0.5) is 0 Å². The molecule has 0 unspecified atom stereocenters. The number of benzene rings is 2. The summed E-state index contributed by atoms with van der Waals surface area (Å²) in [7, 11) is -1.92. The monoisotopic (exact) mass is 466 g/mol. The molecule has 4 nitrogen and oxygen atoms in total. The van der Waals surface area contributed by atoms with Gasteiger partial charge in [0.25, 0.3) is 10.1 Å². The zero-order valence-electron chi connectivity index (χ0n) is 19.0. The number of ether oxygens (including phenoxy) is 1. The molecule has 6 heteroatoms. The van der Waals surface area contributed by atoms with Crippen LogP contribution in [-0.4, -0.2) is 22.1 Å². The first-order chi connectivity index (χ1) is 15.0. The lowest BCUT2D eigenvalue weighted by Gasteiger charge is -2.05. The third-order valence-electron chi connectivity index (χ3n) is 4.84. The lowest BCUT2D eigenvalue weighted by Crippen LogP contribution is -2.07. The van der Waals surface area contributed by atoms with Crippen LogP contribution in [0.3, 0.4) is 0 Å². The molecule has 0 fully saturated rings. The summed E-state index contributed by atoms with van der Waals surface area (Å²) in [6.07, 6.45) is 12.3. The van der Waals surface area contributed by atoms with Crippen molar-refractivity contribution in [3.8, 4) is 5.75 Å². The second-order valence-corrected chi connectivity index (χ2v) is 9.60. The maximum absolute atomic E-state index is 11.9. The Hall–Kier alpha value is -1.50. The first-order valence-corrected chi connectivity index (χ1v) is 13.1. The zero-order valence-corrected chi connectivity index (χ0v) is 20.7. The fourth-order valence-corrected chi connectivity index (χ4v) is 4.11. The average Bonchev–Trinajstić information content (AvgIpc) is 2.79. The molecule has 174 valence electrons. The molecule has 0 N–H and O–H groups in total. The smallest absolute Gasteiger partial charge is 0.296 e. The summed E-state index contributed by atoms with van der Waals surface area (Å²) in [6, 6.07) is 15.9. The topological polar surface area (TPSA) is 52.6 Å². The Labute approximate surface area is 194 Å². The first kappa shape index (κ1) is 27.5. The van der Waals surface area contributed by atoms with E-state index >= 15 is 0 Å². The minimum absolute atomic E-state index is 0.238. The van der Waals surface area contributed by atoms with E-state index in [9.17, 15) is 8.42 Å². The van der Waals surface area contributed by atoms with E-state index in [0.29, 0.717) is 0 Å². The van der Waals surface area contributed by atoms with Crippen molar-refractivity contribution in [3.63, 3.8) is 0 Å². The van der Waals surface area contributed by atoms with Crippen LogP contribution in [-0.2, 0) is 14.3 Å². The molecule has 0 aliphatic heterocycles. The van der Waals surface area contributed by atoms with Crippen molar-refractivity contribution in [2.75, 3.05) is 13.7 Å². The van der Waals surface area contributed by atoms with Gasteiger partial charge in [-0.25, -0.2) is 0 Å². The Morgan fingerprint density at radius 1 is 0.742 bits per heavy atom. The summed E-state index contributed by atoms with van der Waals surface area (Å²) in [5.41, 5.74) is 0. The number of hydrogen-bond acceptors (Lipinski definition) is 5. The first-order valence-electron chi connectivity index (χ1n) is 11.3. The Balaban J connectivity index is 0.000000442. The molecule has 0 aliphatic rings. The second kappa shape index (κ2) is 17.1. The summed E-state index contributed by atoms with van der Waals surface area (Å²) in [6.45, 7) is 2.52. The molecule has 0 heterocycles. The fourth-order valence-electron chi connectivity index (χ4n) is 3.00. The van der Waals surface area contributed by atoms with Gasteiger partial charge in [0.2, 0.25) is 0 Å². The summed E-state index contributed by atoms with van der Waals surface area (Å²) in [5, 5.41) is 0.